The van der Waals surface area contributed by atoms with E-state index in [2.05, 4.69) is 36.6 Å². The molecule has 0 aliphatic carbocycles. The van der Waals surface area contributed by atoms with E-state index in [1.54, 1.807) is 38.1 Å². The number of thioether (sulfide) groups is 1. The van der Waals surface area contributed by atoms with Gasteiger partial charge in [0.2, 0.25) is 29.8 Å². The number of carboxylic acid groups (broad SMARTS) is 1. The molecule has 8 N–H and O–H groups in total. The van der Waals surface area contributed by atoms with Gasteiger partial charge in [-0.25, -0.2) is 14.6 Å². The van der Waals surface area contributed by atoms with Gasteiger partial charge in [0.15, 0.2) is 0 Å². The topological polar surface area (TPSA) is 235 Å². The van der Waals surface area contributed by atoms with Crippen LogP contribution in [-0.2, 0) is 19.2 Å². The fourth-order valence-corrected chi connectivity index (χ4v) is 6.87. The average Bonchev–Trinajstić information content (AvgIpc) is 3.21. The summed E-state index contributed by atoms with van der Waals surface area (Å²) in [7, 11) is 0. The van der Waals surface area contributed by atoms with Gasteiger partial charge < -0.3 is 41.9 Å². The third-order valence-electron chi connectivity index (χ3n) is 7.38. The highest BCUT2D eigenvalue weighted by atomic mass is 32.2. The molecule has 45 heavy (non-hydrogen) atoms. The molecule has 2 aromatic carbocycles. The summed E-state index contributed by atoms with van der Waals surface area (Å²) in [6, 6.07) is 10.8. The van der Waals surface area contributed by atoms with E-state index in [1.165, 1.54) is 24.3 Å². The van der Waals surface area contributed by atoms with Crippen LogP contribution in [0, 0.1) is 0 Å². The van der Waals surface area contributed by atoms with Crippen molar-refractivity contribution in [2.75, 3.05) is 10.6 Å². The van der Waals surface area contributed by atoms with Crippen molar-refractivity contribution in [2.45, 2.75) is 41.7 Å². The second-order valence-corrected chi connectivity index (χ2v) is 12.3. The van der Waals surface area contributed by atoms with Crippen LogP contribution in [0.4, 0.5) is 22.1 Å². The van der Waals surface area contributed by atoms with E-state index in [0.717, 1.165) is 22.9 Å². The van der Waals surface area contributed by atoms with Crippen molar-refractivity contribution in [2.24, 2.45) is 0 Å². The van der Waals surface area contributed by atoms with Crippen molar-refractivity contribution in [3.05, 3.63) is 66.4 Å². The quantitative estimate of drug-likeness (QED) is 0.116. The molecule has 5 amide bonds. The number of nitrogens with zero attached hydrogens (tertiary/aromatic N) is 3. The summed E-state index contributed by atoms with van der Waals surface area (Å²) in [5.41, 5.74) is -1.32. The molecule has 3 aromatic rings. The van der Waals surface area contributed by atoms with Crippen molar-refractivity contribution >= 4 is 59.3 Å². The normalized spacial score (nSPS) is 21.8. The van der Waals surface area contributed by atoms with Crippen LogP contribution < -0.4 is 26.6 Å². The number of urea groups is 1. The molecule has 17 heteroatoms. The summed E-state index contributed by atoms with van der Waals surface area (Å²) in [4.78, 5) is 72.4. The van der Waals surface area contributed by atoms with Gasteiger partial charge >= 0.3 is 12.0 Å². The number of nitrogens with one attached hydrogen (secondary N) is 5. The van der Waals surface area contributed by atoms with Crippen molar-refractivity contribution in [1.29, 1.82) is 0 Å². The van der Waals surface area contributed by atoms with E-state index >= 15 is 0 Å². The highest BCUT2D eigenvalue weighted by molar-refractivity contribution is 8.01. The first kappa shape index (κ1) is 30.9. The van der Waals surface area contributed by atoms with Crippen LogP contribution in [0.2, 0.25) is 0 Å². The number of benzene rings is 2. The first-order valence-corrected chi connectivity index (χ1v) is 14.3. The summed E-state index contributed by atoms with van der Waals surface area (Å²) in [6.07, 6.45) is 1.36. The summed E-state index contributed by atoms with van der Waals surface area (Å²) in [5.74, 6) is -3.61. The lowest BCUT2D eigenvalue weighted by Gasteiger charge is -2.49. The Bertz CT molecular complexity index is 1660. The molecular formula is C28H28N8O8S. The average molecular weight is 637 g/mol. The smallest absolute Gasteiger partial charge is 0.352 e. The number of aromatic nitrogens is 2. The second-order valence-electron chi connectivity index (χ2n) is 10.5. The third-order valence-corrected chi connectivity index (χ3v) is 8.99. The molecule has 3 heterocycles. The van der Waals surface area contributed by atoms with E-state index in [1.807, 2.05) is 6.07 Å². The van der Waals surface area contributed by atoms with E-state index in [-0.39, 0.29) is 29.4 Å². The molecule has 0 spiro atoms. The fraction of sp³-hybridized carbons (Fsp3) is 0.250. The number of aliphatic carboxylic acids is 1. The number of para-hydroxylation sites is 1. The van der Waals surface area contributed by atoms with Gasteiger partial charge in [0.1, 0.15) is 28.9 Å². The molecular weight excluding hydrogens is 608 g/mol. The SMILES string of the molecule is CC1(C)S[C@@H]2[C@@H](NC(=O)C(NC(=O)Nc3cnc(Nc4ccccc4)nc3O)c3ccc(O)cc3)C(=O)N2[C@@]1(NC=O)C(=O)O. The standard InChI is InChI=1S/C28H28N8O8S/c1-27(2)28(24(42)43,30-13-37)36-22(41)19(23(36)45-27)33-21(40)18(14-8-10-16(38)11-9-14)34-26(44)32-17-12-29-25(35-20(17)39)31-15-6-4-3-5-7-15/h3-13,18-19,23,38H,1-2H3,(H,30,37)(H,33,40)(H,42,43)(H2,32,34,44)(H2,29,31,35,39)/t18?,19-,23+,28-/m0/s1. The first-order chi connectivity index (χ1) is 21.4. The summed E-state index contributed by atoms with van der Waals surface area (Å²) >= 11 is 1.08. The Morgan fingerprint density at radius 2 is 1.76 bits per heavy atom. The third kappa shape index (κ3) is 5.60. The van der Waals surface area contributed by atoms with Crippen LogP contribution in [0.1, 0.15) is 25.5 Å². The molecule has 16 nitrogen and oxygen atoms in total. The van der Waals surface area contributed by atoms with Crippen LogP contribution in [0.15, 0.2) is 60.8 Å². The maximum Gasteiger partial charge on any atom is 0.352 e. The summed E-state index contributed by atoms with van der Waals surface area (Å²) < 4.78 is -1.18. The molecule has 2 aliphatic heterocycles. The maximum absolute atomic E-state index is 13.6. The number of hydrogen-bond donors (Lipinski definition) is 8. The molecule has 2 saturated heterocycles. The van der Waals surface area contributed by atoms with Crippen molar-refractivity contribution in [3.63, 3.8) is 0 Å². The Morgan fingerprint density at radius 3 is 2.38 bits per heavy atom. The zero-order valence-corrected chi connectivity index (χ0v) is 24.5. The zero-order valence-electron chi connectivity index (χ0n) is 23.7. The molecule has 1 aromatic heterocycles. The second kappa shape index (κ2) is 11.8. The maximum atomic E-state index is 13.6. The van der Waals surface area contributed by atoms with Crippen LogP contribution >= 0.6 is 11.8 Å². The summed E-state index contributed by atoms with van der Waals surface area (Å²) in [5, 5.41) is 41.9. The Kier molecular flexibility index (Phi) is 8.12. The molecule has 5 rings (SSSR count). The van der Waals surface area contributed by atoms with Crippen molar-refractivity contribution in [1.82, 2.24) is 30.8 Å². The van der Waals surface area contributed by atoms with Gasteiger partial charge in [0.25, 0.3) is 5.91 Å². The molecule has 1 unspecified atom stereocenters. The monoisotopic (exact) mass is 636 g/mol. The largest absolute Gasteiger partial charge is 0.508 e. The molecule has 0 saturated carbocycles. The fourth-order valence-electron chi connectivity index (χ4n) is 5.17. The van der Waals surface area contributed by atoms with E-state index < -0.39 is 57.6 Å². The molecule has 2 aliphatic rings. The highest BCUT2D eigenvalue weighted by Gasteiger charge is 2.73. The van der Waals surface area contributed by atoms with E-state index in [9.17, 15) is 39.3 Å². The van der Waals surface area contributed by atoms with Gasteiger partial charge in [-0.1, -0.05) is 30.3 Å². The lowest BCUT2D eigenvalue weighted by Crippen LogP contribution is -2.79. The van der Waals surface area contributed by atoms with Crippen molar-refractivity contribution < 1.29 is 39.3 Å². The Morgan fingerprint density at radius 1 is 1.07 bits per heavy atom. The number of fused-ring (bicyclic) bond motifs is 1. The molecule has 0 bridgehead atoms. The Hall–Kier alpha value is -5.58. The number of carbonyl (C=O) groups is 5. The lowest BCUT2D eigenvalue weighted by molar-refractivity contribution is -0.175. The van der Waals surface area contributed by atoms with E-state index in [0.29, 0.717) is 5.69 Å². The van der Waals surface area contributed by atoms with Gasteiger partial charge in [0, 0.05) is 5.69 Å². The number of rotatable bonds is 10. The number of phenols is 1. The van der Waals surface area contributed by atoms with Crippen LogP contribution in [-0.4, -0.2) is 82.2 Å². The first-order valence-electron chi connectivity index (χ1n) is 13.4. The van der Waals surface area contributed by atoms with Crippen LogP contribution in [0.5, 0.6) is 11.6 Å². The number of phenolic OH excluding ortho intramolecular Hbond substituents is 1. The number of hydrogen-bond acceptors (Lipinski definition) is 11. The highest BCUT2D eigenvalue weighted by Crippen LogP contribution is 2.55. The lowest BCUT2D eigenvalue weighted by atomic mass is 9.88. The number of amides is 5. The molecule has 0 radical (unpaired) electrons. The minimum absolute atomic E-state index is 0.0634. The van der Waals surface area contributed by atoms with Crippen LogP contribution in [0.25, 0.3) is 0 Å². The number of carbonyl (C=O) groups excluding carboxylic acids is 4. The number of β-lactam (4-membered cyclic amide) rings is 1. The molecule has 234 valence electrons. The van der Waals surface area contributed by atoms with Crippen molar-refractivity contribution in [3.8, 4) is 11.6 Å². The summed E-state index contributed by atoms with van der Waals surface area (Å²) in [6.45, 7) is 3.11. The number of aromatic hydroxyl groups is 2. The van der Waals surface area contributed by atoms with E-state index in [4.69, 9.17) is 0 Å². The molecule has 4 atom stereocenters. The molecule has 2 fully saturated rings. The Balaban J connectivity index is 1.32. The predicted octanol–water partition coefficient (Wildman–Crippen LogP) is 1.20. The predicted molar refractivity (Wildman–Crippen MR) is 160 cm³/mol. The minimum atomic E-state index is -2.05. The number of carboxylic acids is 1. The van der Waals surface area contributed by atoms with Gasteiger partial charge in [-0.05, 0) is 43.7 Å². The Labute approximate surface area is 259 Å². The zero-order chi connectivity index (χ0) is 32.5. The van der Waals surface area contributed by atoms with Gasteiger partial charge in [-0.15, -0.1) is 11.8 Å². The van der Waals surface area contributed by atoms with Gasteiger partial charge in [-0.2, -0.15) is 4.98 Å². The van der Waals surface area contributed by atoms with Crippen LogP contribution in [0.3, 0.4) is 0 Å². The van der Waals surface area contributed by atoms with Gasteiger partial charge in [-0.3, -0.25) is 19.3 Å². The minimum Gasteiger partial charge on any atom is -0.508 e. The number of anilines is 3. The van der Waals surface area contributed by atoms with Gasteiger partial charge in [0.05, 0.1) is 10.9 Å².